The molecule has 1 aromatic heterocycles. The van der Waals surface area contributed by atoms with Crippen molar-refractivity contribution >= 4 is 22.5 Å². The molecule has 140 valence electrons. The molecule has 0 saturated carbocycles. The maximum atomic E-state index is 12.9. The molecule has 0 unspecified atom stereocenters. The lowest BCUT2D eigenvalue weighted by Crippen LogP contribution is -2.14. The van der Waals surface area contributed by atoms with Gasteiger partial charge in [-0.2, -0.15) is 0 Å². The second-order valence-corrected chi connectivity index (χ2v) is 6.35. The molecular formula is C23H20N2O3. The summed E-state index contributed by atoms with van der Waals surface area (Å²) in [5.41, 5.74) is 4.26. The number of hydrogen-bond acceptors (Lipinski definition) is 3. The first-order valence-electron chi connectivity index (χ1n) is 8.89. The van der Waals surface area contributed by atoms with E-state index in [4.69, 9.17) is 9.47 Å². The summed E-state index contributed by atoms with van der Waals surface area (Å²) < 4.78 is 10.7. The van der Waals surface area contributed by atoms with Crippen molar-refractivity contribution in [1.82, 2.24) is 4.98 Å². The molecule has 0 fully saturated rings. The maximum Gasteiger partial charge on any atom is 0.263 e. The highest BCUT2D eigenvalue weighted by atomic mass is 16.5. The molecule has 5 nitrogen and oxygen atoms in total. The highest BCUT2D eigenvalue weighted by molar-refractivity contribution is 6.08. The molecule has 0 aliphatic heterocycles. The van der Waals surface area contributed by atoms with Crippen molar-refractivity contribution in [3.05, 3.63) is 78.5 Å². The van der Waals surface area contributed by atoms with Crippen molar-refractivity contribution in [3.8, 4) is 22.6 Å². The van der Waals surface area contributed by atoms with Crippen molar-refractivity contribution in [2.75, 3.05) is 19.5 Å². The number of fused-ring (bicyclic) bond motifs is 1. The van der Waals surface area contributed by atoms with Crippen LogP contribution in [0.25, 0.3) is 22.0 Å². The number of aromatic nitrogens is 1. The van der Waals surface area contributed by atoms with E-state index in [2.05, 4.69) is 28.5 Å². The average Bonchev–Trinajstić information content (AvgIpc) is 3.21. The Morgan fingerprint density at radius 1 is 0.857 bits per heavy atom. The number of benzene rings is 3. The van der Waals surface area contributed by atoms with Crippen LogP contribution in [-0.2, 0) is 0 Å². The molecule has 0 saturated heterocycles. The molecule has 0 spiro atoms. The number of anilines is 1. The van der Waals surface area contributed by atoms with Gasteiger partial charge in [0.25, 0.3) is 5.91 Å². The third-order valence-corrected chi connectivity index (χ3v) is 4.66. The van der Waals surface area contributed by atoms with Gasteiger partial charge in [0.15, 0.2) is 0 Å². The monoisotopic (exact) mass is 372 g/mol. The van der Waals surface area contributed by atoms with Gasteiger partial charge >= 0.3 is 0 Å². The SMILES string of the molecule is COc1cccc(OC)c1C(=O)Nc1cccc(-c2ccc3[nH]ccc3c2)c1. The van der Waals surface area contributed by atoms with E-state index in [1.807, 2.05) is 36.5 Å². The zero-order valence-electron chi connectivity index (χ0n) is 15.7. The molecule has 28 heavy (non-hydrogen) atoms. The molecule has 0 aliphatic rings. The minimum absolute atomic E-state index is 0.285. The fraction of sp³-hybridized carbons (Fsp3) is 0.0870. The van der Waals surface area contributed by atoms with Crippen LogP contribution in [0, 0.1) is 0 Å². The summed E-state index contributed by atoms with van der Waals surface area (Å²) in [6.07, 6.45) is 1.92. The van der Waals surface area contributed by atoms with E-state index in [9.17, 15) is 4.79 Å². The van der Waals surface area contributed by atoms with Crippen LogP contribution >= 0.6 is 0 Å². The number of aromatic amines is 1. The molecule has 1 amide bonds. The Bertz CT molecular complexity index is 1130. The van der Waals surface area contributed by atoms with E-state index >= 15 is 0 Å². The molecular weight excluding hydrogens is 352 g/mol. The van der Waals surface area contributed by atoms with Crippen molar-refractivity contribution < 1.29 is 14.3 Å². The van der Waals surface area contributed by atoms with Crippen molar-refractivity contribution in [3.63, 3.8) is 0 Å². The molecule has 0 atom stereocenters. The van der Waals surface area contributed by atoms with Crippen LogP contribution in [0.5, 0.6) is 11.5 Å². The first-order valence-corrected chi connectivity index (χ1v) is 8.89. The van der Waals surface area contributed by atoms with Crippen LogP contribution in [0.4, 0.5) is 5.69 Å². The molecule has 2 N–H and O–H groups in total. The predicted octanol–water partition coefficient (Wildman–Crippen LogP) is 5.10. The van der Waals surface area contributed by atoms with Gasteiger partial charge < -0.3 is 19.8 Å². The lowest BCUT2D eigenvalue weighted by molar-refractivity contribution is 0.102. The number of amides is 1. The topological polar surface area (TPSA) is 63.4 Å². The van der Waals surface area contributed by atoms with Crippen LogP contribution in [0.1, 0.15) is 10.4 Å². The van der Waals surface area contributed by atoms with E-state index in [1.165, 1.54) is 14.2 Å². The standard InChI is InChI=1S/C23H20N2O3/c1-27-20-7-4-8-21(28-2)22(20)23(26)25-18-6-3-5-15(14-18)16-9-10-19-17(13-16)11-12-24-19/h3-14,24H,1-2H3,(H,25,26). The predicted molar refractivity (Wildman–Crippen MR) is 111 cm³/mol. The third-order valence-electron chi connectivity index (χ3n) is 4.66. The van der Waals surface area contributed by atoms with Crippen LogP contribution in [0.3, 0.4) is 0 Å². The second-order valence-electron chi connectivity index (χ2n) is 6.35. The summed E-state index contributed by atoms with van der Waals surface area (Å²) in [5.74, 6) is 0.643. The van der Waals surface area contributed by atoms with Gasteiger partial charge in [-0.05, 0) is 59.0 Å². The van der Waals surface area contributed by atoms with Crippen molar-refractivity contribution in [2.45, 2.75) is 0 Å². The first-order chi connectivity index (χ1) is 13.7. The van der Waals surface area contributed by atoms with E-state index in [-0.39, 0.29) is 5.91 Å². The van der Waals surface area contributed by atoms with E-state index in [0.717, 1.165) is 22.0 Å². The second kappa shape index (κ2) is 7.48. The lowest BCUT2D eigenvalue weighted by Gasteiger charge is -2.13. The average molecular weight is 372 g/mol. The number of nitrogens with one attached hydrogen (secondary N) is 2. The fourth-order valence-electron chi connectivity index (χ4n) is 3.28. The highest BCUT2D eigenvalue weighted by Gasteiger charge is 2.18. The van der Waals surface area contributed by atoms with Crippen LogP contribution < -0.4 is 14.8 Å². The molecule has 3 aromatic carbocycles. The molecule has 1 heterocycles. The number of H-pyrrole nitrogens is 1. The van der Waals surface area contributed by atoms with Gasteiger partial charge in [0, 0.05) is 17.4 Å². The smallest absolute Gasteiger partial charge is 0.263 e. The number of ether oxygens (including phenoxy) is 2. The maximum absolute atomic E-state index is 12.9. The summed E-state index contributed by atoms with van der Waals surface area (Å²) in [6.45, 7) is 0. The number of methoxy groups -OCH3 is 2. The van der Waals surface area contributed by atoms with Gasteiger partial charge in [0.05, 0.1) is 14.2 Å². The highest BCUT2D eigenvalue weighted by Crippen LogP contribution is 2.30. The summed E-state index contributed by atoms with van der Waals surface area (Å²) in [5, 5.41) is 4.09. The van der Waals surface area contributed by atoms with Crippen LogP contribution in [0.15, 0.2) is 72.9 Å². The number of carbonyl (C=O) groups is 1. The Morgan fingerprint density at radius 3 is 2.32 bits per heavy atom. The lowest BCUT2D eigenvalue weighted by atomic mass is 10.0. The summed E-state index contributed by atoms with van der Waals surface area (Å²) in [4.78, 5) is 16.1. The zero-order chi connectivity index (χ0) is 19.5. The molecule has 4 rings (SSSR count). The van der Waals surface area contributed by atoms with Gasteiger partial charge in [0.2, 0.25) is 0 Å². The summed E-state index contributed by atoms with van der Waals surface area (Å²) in [6, 6.07) is 21.3. The summed E-state index contributed by atoms with van der Waals surface area (Å²) >= 11 is 0. The molecule has 4 aromatic rings. The Morgan fingerprint density at radius 2 is 1.57 bits per heavy atom. The summed E-state index contributed by atoms with van der Waals surface area (Å²) in [7, 11) is 3.06. The quantitative estimate of drug-likeness (QED) is 0.512. The van der Waals surface area contributed by atoms with Gasteiger partial charge in [-0.25, -0.2) is 0 Å². The largest absolute Gasteiger partial charge is 0.496 e. The number of carbonyl (C=O) groups excluding carboxylic acids is 1. The van der Waals surface area contributed by atoms with Crippen molar-refractivity contribution in [1.29, 1.82) is 0 Å². The van der Waals surface area contributed by atoms with Gasteiger partial charge in [-0.3, -0.25) is 4.79 Å². The Balaban J connectivity index is 1.64. The number of hydrogen-bond donors (Lipinski definition) is 2. The Labute approximate surface area is 162 Å². The Kier molecular flexibility index (Phi) is 4.72. The van der Waals surface area contributed by atoms with E-state index < -0.39 is 0 Å². The third kappa shape index (κ3) is 3.30. The molecule has 5 heteroatoms. The first kappa shape index (κ1) is 17.7. The molecule has 0 aliphatic carbocycles. The normalized spacial score (nSPS) is 10.6. The van der Waals surface area contributed by atoms with E-state index in [1.54, 1.807) is 18.2 Å². The fourth-order valence-corrected chi connectivity index (χ4v) is 3.28. The molecule has 0 bridgehead atoms. The minimum atomic E-state index is -0.285. The van der Waals surface area contributed by atoms with Crippen molar-refractivity contribution in [2.24, 2.45) is 0 Å². The van der Waals surface area contributed by atoms with Crippen LogP contribution in [0.2, 0.25) is 0 Å². The number of rotatable bonds is 5. The van der Waals surface area contributed by atoms with E-state index in [0.29, 0.717) is 22.7 Å². The minimum Gasteiger partial charge on any atom is -0.496 e. The van der Waals surface area contributed by atoms with Gasteiger partial charge in [-0.15, -0.1) is 0 Å². The van der Waals surface area contributed by atoms with Gasteiger partial charge in [0.1, 0.15) is 17.1 Å². The van der Waals surface area contributed by atoms with Crippen LogP contribution in [-0.4, -0.2) is 25.1 Å². The zero-order valence-corrected chi connectivity index (χ0v) is 15.7. The van der Waals surface area contributed by atoms with Gasteiger partial charge in [-0.1, -0.05) is 24.3 Å². The Hall–Kier alpha value is -3.73. The molecule has 0 radical (unpaired) electrons.